The van der Waals surface area contributed by atoms with E-state index < -0.39 is 0 Å². The molecule has 2 heterocycles. The van der Waals surface area contributed by atoms with Gasteiger partial charge in [0, 0.05) is 30.6 Å². The summed E-state index contributed by atoms with van der Waals surface area (Å²) in [5.74, 6) is 1.32. The number of fused-ring (bicyclic) bond motifs is 2. The molecule has 1 aromatic rings. The third kappa shape index (κ3) is 1.79. The van der Waals surface area contributed by atoms with Gasteiger partial charge in [-0.25, -0.2) is 0 Å². The number of benzene rings is 1. The SMILES string of the molecule is COc1ccc(N2[C@@H]3CC[C@@H]2CC(=O)C3)cc1. The van der Waals surface area contributed by atoms with Gasteiger partial charge in [0.15, 0.2) is 0 Å². The van der Waals surface area contributed by atoms with Crippen LogP contribution in [0.4, 0.5) is 5.69 Å². The molecule has 2 atom stereocenters. The van der Waals surface area contributed by atoms with Crippen LogP contribution in [0.2, 0.25) is 0 Å². The Bertz CT molecular complexity index is 410. The molecule has 2 bridgehead atoms. The lowest BCUT2D eigenvalue weighted by Gasteiger charge is -2.36. The number of ether oxygens (including phenoxy) is 1. The highest BCUT2D eigenvalue weighted by molar-refractivity contribution is 5.83. The first-order chi connectivity index (χ1) is 8.28. The van der Waals surface area contributed by atoms with Gasteiger partial charge in [0.2, 0.25) is 0 Å². The normalized spacial score (nSPS) is 27.4. The number of rotatable bonds is 2. The first-order valence-electron chi connectivity index (χ1n) is 6.22. The zero-order valence-electron chi connectivity index (χ0n) is 10.1. The number of methoxy groups -OCH3 is 1. The van der Waals surface area contributed by atoms with E-state index in [0.717, 1.165) is 31.4 Å². The van der Waals surface area contributed by atoms with E-state index in [1.165, 1.54) is 5.69 Å². The maximum absolute atomic E-state index is 11.6. The summed E-state index contributed by atoms with van der Waals surface area (Å²) in [6.07, 6.45) is 3.76. The van der Waals surface area contributed by atoms with Gasteiger partial charge in [0.1, 0.15) is 11.5 Å². The van der Waals surface area contributed by atoms with Crippen LogP contribution in [-0.4, -0.2) is 25.0 Å². The van der Waals surface area contributed by atoms with Crippen molar-refractivity contribution in [3.05, 3.63) is 24.3 Å². The van der Waals surface area contributed by atoms with Crippen LogP contribution in [0.15, 0.2) is 24.3 Å². The molecule has 0 radical (unpaired) electrons. The molecule has 90 valence electrons. The van der Waals surface area contributed by atoms with Crippen LogP contribution in [0.25, 0.3) is 0 Å². The van der Waals surface area contributed by atoms with E-state index >= 15 is 0 Å². The van der Waals surface area contributed by atoms with E-state index in [0.29, 0.717) is 17.9 Å². The minimum absolute atomic E-state index is 0.426. The van der Waals surface area contributed by atoms with Crippen LogP contribution in [0, 0.1) is 0 Å². The molecule has 1 aromatic carbocycles. The summed E-state index contributed by atoms with van der Waals surface area (Å²) in [6.45, 7) is 0. The second-order valence-corrected chi connectivity index (χ2v) is 4.94. The summed E-state index contributed by atoms with van der Waals surface area (Å²) >= 11 is 0. The molecule has 0 amide bonds. The number of hydrogen-bond acceptors (Lipinski definition) is 3. The van der Waals surface area contributed by atoms with E-state index in [9.17, 15) is 4.79 Å². The maximum Gasteiger partial charge on any atom is 0.137 e. The number of ketones is 1. The zero-order chi connectivity index (χ0) is 11.8. The molecule has 0 unspecified atom stereocenters. The predicted octanol–water partition coefficient (Wildman–Crippen LogP) is 2.40. The Balaban J connectivity index is 1.86. The minimum Gasteiger partial charge on any atom is -0.497 e. The van der Waals surface area contributed by atoms with Crippen LogP contribution in [-0.2, 0) is 4.79 Å². The Kier molecular flexibility index (Phi) is 2.54. The number of nitrogens with zero attached hydrogens (tertiary/aromatic N) is 1. The molecule has 3 heteroatoms. The second kappa shape index (κ2) is 4.06. The highest BCUT2D eigenvalue weighted by atomic mass is 16.5. The predicted molar refractivity (Wildman–Crippen MR) is 66.5 cm³/mol. The summed E-state index contributed by atoms with van der Waals surface area (Å²) in [7, 11) is 1.68. The smallest absolute Gasteiger partial charge is 0.137 e. The van der Waals surface area contributed by atoms with Crippen molar-refractivity contribution in [2.24, 2.45) is 0 Å². The van der Waals surface area contributed by atoms with Gasteiger partial charge in [-0.3, -0.25) is 4.79 Å². The summed E-state index contributed by atoms with van der Waals surface area (Å²) in [6, 6.07) is 9.03. The Labute approximate surface area is 101 Å². The molecule has 2 saturated heterocycles. The molecular formula is C14H17NO2. The van der Waals surface area contributed by atoms with E-state index in [1.54, 1.807) is 7.11 Å². The minimum atomic E-state index is 0.426. The lowest BCUT2D eigenvalue weighted by atomic mass is 10.0. The lowest BCUT2D eigenvalue weighted by molar-refractivity contribution is -0.120. The fraction of sp³-hybridized carbons (Fsp3) is 0.500. The molecule has 0 aliphatic carbocycles. The Morgan fingerprint density at radius 1 is 1.12 bits per heavy atom. The number of hydrogen-bond donors (Lipinski definition) is 0. The van der Waals surface area contributed by atoms with Gasteiger partial charge in [0.25, 0.3) is 0 Å². The standard InChI is InChI=1S/C14H17NO2/c1-17-14-6-4-10(5-7-14)15-11-2-3-12(15)9-13(16)8-11/h4-7,11-12H,2-3,8-9H2,1H3/t11-,12-/m1/s1. The maximum atomic E-state index is 11.6. The fourth-order valence-electron chi connectivity index (χ4n) is 3.15. The molecule has 3 nitrogen and oxygen atoms in total. The van der Waals surface area contributed by atoms with Gasteiger partial charge < -0.3 is 9.64 Å². The Morgan fingerprint density at radius 2 is 1.71 bits per heavy atom. The molecule has 2 aliphatic heterocycles. The average Bonchev–Trinajstić information content (AvgIpc) is 2.62. The lowest BCUT2D eigenvalue weighted by Crippen LogP contribution is -2.43. The largest absolute Gasteiger partial charge is 0.497 e. The van der Waals surface area contributed by atoms with Crippen LogP contribution in [0.5, 0.6) is 5.75 Å². The first kappa shape index (κ1) is 10.6. The molecule has 3 rings (SSSR count). The fourth-order valence-corrected chi connectivity index (χ4v) is 3.15. The van der Waals surface area contributed by atoms with Gasteiger partial charge in [-0.15, -0.1) is 0 Å². The second-order valence-electron chi connectivity index (χ2n) is 4.94. The number of piperidine rings is 1. The van der Waals surface area contributed by atoms with Gasteiger partial charge >= 0.3 is 0 Å². The summed E-state index contributed by atoms with van der Waals surface area (Å²) < 4.78 is 5.17. The van der Waals surface area contributed by atoms with Crippen LogP contribution in [0.3, 0.4) is 0 Å². The van der Waals surface area contributed by atoms with E-state index in [4.69, 9.17) is 4.74 Å². The summed E-state index contributed by atoms with van der Waals surface area (Å²) in [5.41, 5.74) is 1.23. The topological polar surface area (TPSA) is 29.5 Å². The molecule has 2 aliphatic rings. The highest BCUT2D eigenvalue weighted by Gasteiger charge is 2.39. The van der Waals surface area contributed by atoms with Crippen LogP contribution >= 0.6 is 0 Å². The molecular weight excluding hydrogens is 214 g/mol. The van der Waals surface area contributed by atoms with E-state index in [2.05, 4.69) is 17.0 Å². The highest BCUT2D eigenvalue weighted by Crippen LogP contribution is 2.38. The zero-order valence-corrected chi connectivity index (χ0v) is 10.1. The van der Waals surface area contributed by atoms with E-state index in [-0.39, 0.29) is 0 Å². The summed E-state index contributed by atoms with van der Waals surface area (Å²) in [5, 5.41) is 0. The molecule has 0 N–H and O–H groups in total. The molecule has 0 saturated carbocycles. The first-order valence-corrected chi connectivity index (χ1v) is 6.22. The molecule has 0 aromatic heterocycles. The van der Waals surface area contributed by atoms with Crippen molar-refractivity contribution >= 4 is 11.5 Å². The number of anilines is 1. The van der Waals surface area contributed by atoms with Gasteiger partial charge in [0.05, 0.1) is 7.11 Å². The number of Topliss-reactive ketones (excluding diaryl/α,β-unsaturated/α-hetero) is 1. The van der Waals surface area contributed by atoms with E-state index in [1.807, 2.05) is 12.1 Å². The van der Waals surface area contributed by atoms with Crippen LogP contribution in [0.1, 0.15) is 25.7 Å². The Hall–Kier alpha value is -1.51. The summed E-state index contributed by atoms with van der Waals surface area (Å²) in [4.78, 5) is 14.0. The van der Waals surface area contributed by atoms with Crippen molar-refractivity contribution in [1.82, 2.24) is 0 Å². The van der Waals surface area contributed by atoms with Crippen molar-refractivity contribution in [2.75, 3.05) is 12.0 Å². The number of carbonyl (C=O) groups is 1. The van der Waals surface area contributed by atoms with Crippen molar-refractivity contribution < 1.29 is 9.53 Å². The van der Waals surface area contributed by atoms with Crippen molar-refractivity contribution in [1.29, 1.82) is 0 Å². The average molecular weight is 231 g/mol. The van der Waals surface area contributed by atoms with Crippen molar-refractivity contribution in [3.8, 4) is 5.75 Å². The molecule has 0 spiro atoms. The van der Waals surface area contributed by atoms with Gasteiger partial charge in [-0.05, 0) is 37.1 Å². The monoisotopic (exact) mass is 231 g/mol. The molecule has 17 heavy (non-hydrogen) atoms. The number of carbonyl (C=O) groups excluding carboxylic acids is 1. The Morgan fingerprint density at radius 3 is 2.24 bits per heavy atom. The third-order valence-electron chi connectivity index (χ3n) is 3.92. The molecule has 2 fully saturated rings. The van der Waals surface area contributed by atoms with Gasteiger partial charge in [-0.2, -0.15) is 0 Å². The quantitative estimate of drug-likeness (QED) is 0.782. The van der Waals surface area contributed by atoms with Gasteiger partial charge in [-0.1, -0.05) is 0 Å². The van der Waals surface area contributed by atoms with Crippen molar-refractivity contribution in [2.45, 2.75) is 37.8 Å². The van der Waals surface area contributed by atoms with Crippen LogP contribution < -0.4 is 9.64 Å². The third-order valence-corrected chi connectivity index (χ3v) is 3.92. The van der Waals surface area contributed by atoms with Crippen molar-refractivity contribution in [3.63, 3.8) is 0 Å².